The van der Waals surface area contributed by atoms with Gasteiger partial charge in [-0.15, -0.1) is 11.3 Å². The van der Waals surface area contributed by atoms with E-state index in [1.807, 2.05) is 0 Å². The fraction of sp³-hybridized carbons (Fsp3) is 0.407. The lowest BCUT2D eigenvalue weighted by Crippen LogP contribution is -2.57. The average Bonchev–Trinajstić information content (AvgIpc) is 3.68. The van der Waals surface area contributed by atoms with Crippen LogP contribution in [-0.4, -0.2) is 91.7 Å². The van der Waals surface area contributed by atoms with E-state index in [1.165, 1.54) is 51.7 Å². The Morgan fingerprint density at radius 2 is 1.88 bits per heavy atom. The third-order valence-electron chi connectivity index (χ3n) is 7.37. The molecule has 43 heavy (non-hydrogen) atoms. The molecule has 0 spiro atoms. The number of carbonyl (C=O) groups is 5. The zero-order valence-corrected chi connectivity index (χ0v) is 25.0. The van der Waals surface area contributed by atoms with Crippen LogP contribution in [0.1, 0.15) is 39.6 Å². The van der Waals surface area contributed by atoms with Crippen LogP contribution in [-0.2, 0) is 27.3 Å². The van der Waals surface area contributed by atoms with Gasteiger partial charge >= 0.3 is 17.8 Å². The number of halogens is 1. The largest absolute Gasteiger partial charge is 0.349 e. The Morgan fingerprint density at radius 3 is 2.58 bits per heavy atom. The first kappa shape index (κ1) is 30.1. The maximum atomic E-state index is 13.4. The molecule has 16 heteroatoms. The van der Waals surface area contributed by atoms with E-state index in [0.717, 1.165) is 10.6 Å². The molecule has 0 radical (unpaired) electrons. The standard InChI is InChI=1S/C27H30ClN9O5S/c1-35(2)26(41)15-3-5-17(31-22(38)23(39)34-21-6-4-16(28)12-30-21)19(11-15)32-24(40)25-33-18-7-9-36(13-20(18)43-25)27(42)37-10-8-29-14-37/h4,6,8,10,12,14-15,17,19H,3,5,7,9,11,13H2,1-2H3,(H,31,38)(H,32,40)(H,30,34,39)/t15-,17-,19+/m0/s1. The molecule has 2 aliphatic rings. The number of carbonyl (C=O) groups excluding carboxylic acids is 5. The number of fused-ring (bicyclic) bond motifs is 1. The molecule has 0 aromatic carbocycles. The lowest BCUT2D eigenvalue weighted by molar-refractivity contribution is -0.137. The summed E-state index contributed by atoms with van der Waals surface area (Å²) in [5, 5.41) is 8.68. The highest BCUT2D eigenvalue weighted by molar-refractivity contribution is 7.13. The Bertz CT molecular complexity index is 1530. The van der Waals surface area contributed by atoms with Crippen LogP contribution in [0.4, 0.5) is 10.6 Å². The van der Waals surface area contributed by atoms with Gasteiger partial charge in [-0.05, 0) is 31.4 Å². The van der Waals surface area contributed by atoms with Crippen LogP contribution >= 0.6 is 22.9 Å². The number of hydrogen-bond donors (Lipinski definition) is 3. The fourth-order valence-corrected chi connectivity index (χ4v) is 6.31. The molecule has 0 bridgehead atoms. The molecule has 1 fully saturated rings. The Labute approximate surface area is 255 Å². The summed E-state index contributed by atoms with van der Waals surface area (Å²) in [5.41, 5.74) is 0.756. The van der Waals surface area contributed by atoms with Crippen molar-refractivity contribution in [1.82, 2.24) is 40.0 Å². The summed E-state index contributed by atoms with van der Waals surface area (Å²) in [4.78, 5) is 80.7. The maximum absolute atomic E-state index is 13.4. The summed E-state index contributed by atoms with van der Waals surface area (Å²) in [5.74, 6) is -2.56. The molecule has 1 aliphatic heterocycles. The summed E-state index contributed by atoms with van der Waals surface area (Å²) in [6.07, 6.45) is 7.50. The van der Waals surface area contributed by atoms with E-state index in [-0.39, 0.29) is 35.1 Å². The number of nitrogens with zero attached hydrogens (tertiary/aromatic N) is 6. The molecule has 3 atom stereocenters. The molecule has 0 saturated heterocycles. The number of amides is 5. The van der Waals surface area contributed by atoms with Gasteiger partial charge in [0.25, 0.3) is 5.91 Å². The highest BCUT2D eigenvalue weighted by Crippen LogP contribution is 2.29. The van der Waals surface area contributed by atoms with Gasteiger partial charge in [-0.25, -0.2) is 19.7 Å². The Morgan fingerprint density at radius 1 is 1.07 bits per heavy atom. The minimum atomic E-state index is -0.922. The second-order valence-electron chi connectivity index (χ2n) is 10.5. The lowest BCUT2D eigenvalue weighted by atomic mass is 9.81. The van der Waals surface area contributed by atoms with Gasteiger partial charge in [0.1, 0.15) is 12.1 Å². The first-order valence-corrected chi connectivity index (χ1v) is 14.8. The molecule has 1 saturated carbocycles. The quantitative estimate of drug-likeness (QED) is 0.357. The van der Waals surface area contributed by atoms with E-state index in [2.05, 4.69) is 30.9 Å². The van der Waals surface area contributed by atoms with Crippen molar-refractivity contribution in [2.24, 2.45) is 5.92 Å². The molecule has 5 rings (SSSR count). The molecule has 14 nitrogen and oxygen atoms in total. The number of nitrogens with one attached hydrogen (secondary N) is 3. The van der Waals surface area contributed by atoms with Crippen LogP contribution in [0.2, 0.25) is 5.02 Å². The summed E-state index contributed by atoms with van der Waals surface area (Å²) in [6.45, 7) is 0.768. The second kappa shape index (κ2) is 12.9. The summed E-state index contributed by atoms with van der Waals surface area (Å²) < 4.78 is 1.40. The van der Waals surface area contributed by atoms with Gasteiger partial charge in [-0.3, -0.25) is 23.7 Å². The normalized spacial score (nSPS) is 19.6. The third kappa shape index (κ3) is 7.00. The van der Waals surface area contributed by atoms with Crippen LogP contribution in [0.15, 0.2) is 37.1 Å². The van der Waals surface area contributed by atoms with Gasteiger partial charge in [-0.1, -0.05) is 11.6 Å². The predicted molar refractivity (Wildman–Crippen MR) is 156 cm³/mol. The van der Waals surface area contributed by atoms with Gasteiger partial charge in [0.15, 0.2) is 5.01 Å². The average molecular weight is 628 g/mol. The minimum absolute atomic E-state index is 0.0806. The molecule has 3 N–H and O–H groups in total. The lowest BCUT2D eigenvalue weighted by Gasteiger charge is -2.37. The van der Waals surface area contributed by atoms with E-state index >= 15 is 0 Å². The zero-order valence-electron chi connectivity index (χ0n) is 23.4. The van der Waals surface area contributed by atoms with Crippen LogP contribution in [0, 0.1) is 5.92 Å². The van der Waals surface area contributed by atoms with Crippen LogP contribution < -0.4 is 16.0 Å². The fourth-order valence-electron chi connectivity index (χ4n) is 5.17. The number of anilines is 1. The second-order valence-corrected chi connectivity index (χ2v) is 12.1. The molecule has 4 heterocycles. The highest BCUT2D eigenvalue weighted by Gasteiger charge is 2.38. The molecular weight excluding hydrogens is 598 g/mol. The van der Waals surface area contributed by atoms with E-state index in [4.69, 9.17) is 11.6 Å². The zero-order chi connectivity index (χ0) is 30.7. The number of pyridine rings is 1. The number of thiazole rings is 1. The van der Waals surface area contributed by atoms with Crippen molar-refractivity contribution >= 4 is 58.4 Å². The molecular formula is C27H30ClN9O5S. The Balaban J connectivity index is 1.27. The summed E-state index contributed by atoms with van der Waals surface area (Å²) in [7, 11) is 3.33. The molecule has 0 unspecified atom stereocenters. The van der Waals surface area contributed by atoms with Crippen molar-refractivity contribution in [3.05, 3.63) is 57.7 Å². The van der Waals surface area contributed by atoms with Gasteiger partial charge < -0.3 is 25.8 Å². The van der Waals surface area contributed by atoms with Crippen molar-refractivity contribution in [3.8, 4) is 0 Å². The molecule has 226 valence electrons. The third-order valence-corrected chi connectivity index (χ3v) is 8.67. The Kier molecular flexibility index (Phi) is 9.01. The van der Waals surface area contributed by atoms with E-state index in [1.54, 1.807) is 25.2 Å². The van der Waals surface area contributed by atoms with E-state index in [9.17, 15) is 24.0 Å². The van der Waals surface area contributed by atoms with Gasteiger partial charge in [0.2, 0.25) is 5.91 Å². The molecule has 1 aliphatic carbocycles. The van der Waals surface area contributed by atoms with Crippen molar-refractivity contribution < 1.29 is 24.0 Å². The topological polar surface area (TPSA) is 172 Å². The first-order chi connectivity index (χ1) is 20.6. The minimum Gasteiger partial charge on any atom is -0.349 e. The van der Waals surface area contributed by atoms with Gasteiger partial charge in [-0.2, -0.15) is 0 Å². The van der Waals surface area contributed by atoms with Gasteiger partial charge in [0, 0.05) is 62.5 Å². The molecule has 3 aromatic heterocycles. The monoisotopic (exact) mass is 627 g/mol. The molecule has 5 amide bonds. The first-order valence-electron chi connectivity index (χ1n) is 13.6. The van der Waals surface area contributed by atoms with Crippen molar-refractivity contribution in [3.63, 3.8) is 0 Å². The Hall–Kier alpha value is -4.37. The summed E-state index contributed by atoms with van der Waals surface area (Å²) >= 11 is 7.02. The maximum Gasteiger partial charge on any atom is 0.329 e. The van der Waals surface area contributed by atoms with Crippen LogP contribution in [0.3, 0.4) is 0 Å². The SMILES string of the molecule is CN(C)C(=O)[C@H]1CC[C@H](NC(=O)C(=O)Nc2ccc(Cl)cn2)[C@H](NC(=O)c2nc3c(s2)CN(C(=O)n2ccnc2)CC3)C1. The highest BCUT2D eigenvalue weighted by atomic mass is 35.5. The van der Waals surface area contributed by atoms with Crippen molar-refractivity contribution in [2.75, 3.05) is 26.0 Å². The molecule has 3 aromatic rings. The predicted octanol–water partition coefficient (Wildman–Crippen LogP) is 1.52. The number of aromatic nitrogens is 4. The number of imidazole rings is 1. The van der Waals surface area contributed by atoms with Crippen LogP contribution in [0.25, 0.3) is 0 Å². The summed E-state index contributed by atoms with van der Waals surface area (Å²) in [6, 6.07) is 1.54. The smallest absolute Gasteiger partial charge is 0.329 e. The van der Waals surface area contributed by atoms with E-state index in [0.29, 0.717) is 37.4 Å². The van der Waals surface area contributed by atoms with E-state index < -0.39 is 29.8 Å². The number of hydrogen-bond acceptors (Lipinski definition) is 9. The van der Waals surface area contributed by atoms with Crippen molar-refractivity contribution in [2.45, 2.75) is 44.3 Å². The van der Waals surface area contributed by atoms with Crippen LogP contribution in [0.5, 0.6) is 0 Å². The number of rotatable bonds is 5. The van der Waals surface area contributed by atoms with Gasteiger partial charge in [0.05, 0.1) is 23.3 Å². The van der Waals surface area contributed by atoms with Crippen molar-refractivity contribution in [1.29, 1.82) is 0 Å².